The van der Waals surface area contributed by atoms with Crippen molar-refractivity contribution in [3.05, 3.63) is 46.0 Å². The summed E-state index contributed by atoms with van der Waals surface area (Å²) in [5.41, 5.74) is 1.08. The number of nitrogens with zero attached hydrogens (tertiary/aromatic N) is 2. The van der Waals surface area contributed by atoms with Crippen LogP contribution < -0.4 is 0 Å². The second kappa shape index (κ2) is 5.77. The maximum Gasteiger partial charge on any atom is 0.378 e. The molecule has 1 heterocycles. The molecule has 2 aromatic rings. The Balaban J connectivity index is 2.09. The van der Waals surface area contributed by atoms with Crippen LogP contribution in [0.4, 0.5) is 0 Å². The number of nitrogens with one attached hydrogen (secondary N) is 1. The van der Waals surface area contributed by atoms with E-state index in [0.29, 0.717) is 18.9 Å². The minimum absolute atomic E-state index is 0.0712. The molecule has 0 fully saturated rings. The van der Waals surface area contributed by atoms with Gasteiger partial charge >= 0.3 is 5.97 Å². The van der Waals surface area contributed by atoms with Crippen molar-refractivity contribution in [2.75, 3.05) is 6.61 Å². The van der Waals surface area contributed by atoms with E-state index in [0.717, 1.165) is 10.0 Å². The number of ether oxygens (including phenoxy) is 1. The van der Waals surface area contributed by atoms with Gasteiger partial charge < -0.3 is 4.74 Å². The molecule has 1 N–H and O–H groups in total. The van der Waals surface area contributed by atoms with Gasteiger partial charge in [0.1, 0.15) is 5.82 Å². The number of hydrogen-bond acceptors (Lipinski definition) is 4. The monoisotopic (exact) mass is 309 g/mol. The molecule has 0 amide bonds. The first-order chi connectivity index (χ1) is 8.69. The van der Waals surface area contributed by atoms with Crippen LogP contribution in [0.2, 0.25) is 0 Å². The Labute approximate surface area is 113 Å². The Hall–Kier alpha value is -1.69. The first kappa shape index (κ1) is 12.8. The minimum atomic E-state index is -0.505. The summed E-state index contributed by atoms with van der Waals surface area (Å²) in [5.74, 6) is 0.201. The minimum Gasteiger partial charge on any atom is -0.460 e. The van der Waals surface area contributed by atoms with Crippen LogP contribution >= 0.6 is 15.9 Å². The van der Waals surface area contributed by atoms with E-state index >= 15 is 0 Å². The molecule has 0 spiro atoms. The number of esters is 1. The van der Waals surface area contributed by atoms with Crippen molar-refractivity contribution in [1.29, 1.82) is 0 Å². The highest BCUT2D eigenvalue weighted by Crippen LogP contribution is 2.13. The van der Waals surface area contributed by atoms with Gasteiger partial charge in [-0.2, -0.15) is 0 Å². The third-order valence-corrected chi connectivity index (χ3v) is 2.74. The summed E-state index contributed by atoms with van der Waals surface area (Å²) < 4.78 is 5.82. The number of H-pyrrole nitrogens is 1. The van der Waals surface area contributed by atoms with Crippen molar-refractivity contribution in [2.24, 2.45) is 0 Å². The predicted octanol–water partition coefficient (Wildman–Crippen LogP) is 2.33. The number of carbonyl (C=O) groups is 1. The first-order valence-corrected chi connectivity index (χ1v) is 6.31. The van der Waals surface area contributed by atoms with Crippen LogP contribution in [0.15, 0.2) is 28.7 Å². The van der Waals surface area contributed by atoms with Crippen molar-refractivity contribution in [2.45, 2.75) is 13.3 Å². The van der Waals surface area contributed by atoms with Gasteiger partial charge in [-0.3, -0.25) is 5.10 Å². The molecule has 0 bridgehead atoms. The third-order valence-electron chi connectivity index (χ3n) is 2.25. The number of halogens is 1. The van der Waals surface area contributed by atoms with Crippen LogP contribution in [0.5, 0.6) is 0 Å². The zero-order valence-electron chi connectivity index (χ0n) is 9.81. The van der Waals surface area contributed by atoms with Crippen molar-refractivity contribution in [3.63, 3.8) is 0 Å². The molecule has 0 aliphatic rings. The van der Waals surface area contributed by atoms with Crippen molar-refractivity contribution < 1.29 is 9.53 Å². The lowest BCUT2D eigenvalue weighted by atomic mass is 10.1. The summed E-state index contributed by atoms with van der Waals surface area (Å²) in [6.45, 7) is 2.06. The van der Waals surface area contributed by atoms with E-state index in [4.69, 9.17) is 4.74 Å². The summed E-state index contributed by atoms with van der Waals surface area (Å²) in [6.07, 6.45) is 0.589. The smallest absolute Gasteiger partial charge is 0.378 e. The number of aromatic amines is 1. The molecule has 94 valence electrons. The number of aromatic nitrogens is 3. The lowest BCUT2D eigenvalue weighted by Crippen LogP contribution is -2.06. The lowest BCUT2D eigenvalue weighted by Gasteiger charge is -1.98. The van der Waals surface area contributed by atoms with Gasteiger partial charge in [0.2, 0.25) is 0 Å². The Morgan fingerprint density at radius 1 is 1.50 bits per heavy atom. The fourth-order valence-corrected chi connectivity index (χ4v) is 1.95. The van der Waals surface area contributed by atoms with E-state index in [-0.39, 0.29) is 5.82 Å². The van der Waals surface area contributed by atoms with Gasteiger partial charge in [-0.05, 0) is 24.6 Å². The highest BCUT2D eigenvalue weighted by molar-refractivity contribution is 9.10. The predicted molar refractivity (Wildman–Crippen MR) is 69.3 cm³/mol. The van der Waals surface area contributed by atoms with Gasteiger partial charge in [0.05, 0.1) is 6.61 Å². The van der Waals surface area contributed by atoms with Crippen molar-refractivity contribution in [1.82, 2.24) is 15.2 Å². The zero-order valence-corrected chi connectivity index (χ0v) is 11.4. The molecule has 0 radical (unpaired) electrons. The average molecular weight is 310 g/mol. The first-order valence-electron chi connectivity index (χ1n) is 5.52. The van der Waals surface area contributed by atoms with E-state index in [9.17, 15) is 4.79 Å². The molecule has 0 aliphatic heterocycles. The topological polar surface area (TPSA) is 67.9 Å². The van der Waals surface area contributed by atoms with Gasteiger partial charge in [0.25, 0.3) is 5.82 Å². The number of carbonyl (C=O) groups excluding carboxylic acids is 1. The Kier molecular flexibility index (Phi) is 4.09. The maximum absolute atomic E-state index is 11.4. The fourth-order valence-electron chi connectivity index (χ4n) is 1.50. The standard InChI is InChI=1S/C12H12BrN3O2/c1-2-18-12(17)11-14-10(15-16-11)7-8-4-3-5-9(13)6-8/h3-6H,2,7H2,1H3,(H,14,15,16). The number of hydrogen-bond donors (Lipinski definition) is 1. The summed E-state index contributed by atoms with van der Waals surface area (Å²) in [6, 6.07) is 7.87. The number of rotatable bonds is 4. The zero-order chi connectivity index (χ0) is 13.0. The molecule has 2 rings (SSSR count). The quantitative estimate of drug-likeness (QED) is 0.880. The molecule has 5 nitrogen and oxygen atoms in total. The van der Waals surface area contributed by atoms with E-state index in [1.807, 2.05) is 24.3 Å². The Bertz CT molecular complexity index is 554. The highest BCUT2D eigenvalue weighted by atomic mass is 79.9. The third kappa shape index (κ3) is 3.16. The van der Waals surface area contributed by atoms with E-state index < -0.39 is 5.97 Å². The molecular weight excluding hydrogens is 298 g/mol. The molecule has 1 aromatic heterocycles. The van der Waals surface area contributed by atoms with Crippen LogP contribution in [-0.2, 0) is 11.2 Å². The van der Waals surface area contributed by atoms with Crippen LogP contribution in [0.1, 0.15) is 28.9 Å². The fraction of sp³-hybridized carbons (Fsp3) is 0.250. The molecule has 6 heteroatoms. The van der Waals surface area contributed by atoms with E-state index in [1.165, 1.54) is 0 Å². The van der Waals surface area contributed by atoms with Gasteiger partial charge in [0, 0.05) is 10.9 Å². The molecular formula is C12H12BrN3O2. The molecule has 1 aromatic carbocycles. The average Bonchev–Trinajstić information content (AvgIpc) is 2.78. The Morgan fingerprint density at radius 3 is 3.06 bits per heavy atom. The van der Waals surface area contributed by atoms with Crippen molar-refractivity contribution in [3.8, 4) is 0 Å². The molecule has 0 aliphatic carbocycles. The molecule has 18 heavy (non-hydrogen) atoms. The SMILES string of the molecule is CCOC(=O)c1n[nH]c(Cc2cccc(Br)c2)n1. The van der Waals surface area contributed by atoms with Gasteiger partial charge in [-0.25, -0.2) is 9.78 Å². The highest BCUT2D eigenvalue weighted by Gasteiger charge is 2.13. The normalized spacial score (nSPS) is 10.3. The second-order valence-corrected chi connectivity index (χ2v) is 4.55. The molecule has 0 unspecified atom stereocenters. The summed E-state index contributed by atoms with van der Waals surface area (Å²) >= 11 is 3.40. The lowest BCUT2D eigenvalue weighted by molar-refractivity contribution is 0.0512. The molecule has 0 atom stereocenters. The van der Waals surface area contributed by atoms with E-state index in [1.54, 1.807) is 6.92 Å². The largest absolute Gasteiger partial charge is 0.460 e. The van der Waals surface area contributed by atoms with Crippen LogP contribution in [0.25, 0.3) is 0 Å². The van der Waals surface area contributed by atoms with Crippen LogP contribution in [-0.4, -0.2) is 27.8 Å². The molecule has 0 saturated heterocycles. The van der Waals surface area contributed by atoms with Crippen LogP contribution in [0, 0.1) is 0 Å². The van der Waals surface area contributed by atoms with Gasteiger partial charge in [0.15, 0.2) is 0 Å². The summed E-state index contributed by atoms with van der Waals surface area (Å²) in [5, 5.41) is 6.57. The second-order valence-electron chi connectivity index (χ2n) is 3.63. The van der Waals surface area contributed by atoms with Crippen molar-refractivity contribution >= 4 is 21.9 Å². The maximum atomic E-state index is 11.4. The van der Waals surface area contributed by atoms with E-state index in [2.05, 4.69) is 31.1 Å². The summed E-state index contributed by atoms with van der Waals surface area (Å²) in [4.78, 5) is 15.5. The van der Waals surface area contributed by atoms with Crippen LogP contribution in [0.3, 0.4) is 0 Å². The van der Waals surface area contributed by atoms with Gasteiger partial charge in [-0.1, -0.05) is 28.1 Å². The van der Waals surface area contributed by atoms with Gasteiger partial charge in [-0.15, -0.1) is 5.10 Å². The Morgan fingerprint density at radius 2 is 2.33 bits per heavy atom. The molecule has 0 saturated carbocycles. The summed E-state index contributed by atoms with van der Waals surface area (Å²) in [7, 11) is 0. The number of benzene rings is 1.